The van der Waals surface area contributed by atoms with Crippen LogP contribution in [-0.4, -0.2) is 23.3 Å². The van der Waals surface area contributed by atoms with E-state index in [4.69, 9.17) is 4.74 Å². The average Bonchev–Trinajstić information content (AvgIpc) is 2.26. The zero-order valence-electron chi connectivity index (χ0n) is 9.60. The Labute approximate surface area is 91.1 Å². The summed E-state index contributed by atoms with van der Waals surface area (Å²) in [6.07, 6.45) is 2.96. The van der Waals surface area contributed by atoms with Crippen LogP contribution in [0, 0.1) is 5.92 Å². The molecule has 0 saturated carbocycles. The second-order valence-corrected chi connectivity index (χ2v) is 4.00. The number of hydrogen-bond donors (Lipinski definition) is 1. The Kier molecular flexibility index (Phi) is 4.56. The first-order chi connectivity index (χ1) is 7.15. The van der Waals surface area contributed by atoms with Gasteiger partial charge in [-0.2, -0.15) is 0 Å². The lowest BCUT2D eigenvalue weighted by atomic mass is 10.0. The monoisotopic (exact) mass is 209 g/mol. The molecule has 0 amide bonds. The van der Waals surface area contributed by atoms with Crippen LogP contribution in [0.4, 0.5) is 0 Å². The van der Waals surface area contributed by atoms with Crippen molar-refractivity contribution < 1.29 is 9.84 Å². The molecular formula is C12H19NO2. The lowest BCUT2D eigenvalue weighted by Gasteiger charge is -2.14. The van der Waals surface area contributed by atoms with Crippen molar-refractivity contribution in [2.45, 2.75) is 32.8 Å². The van der Waals surface area contributed by atoms with E-state index in [-0.39, 0.29) is 6.10 Å². The molecule has 0 aliphatic heterocycles. The minimum absolute atomic E-state index is 0.267. The van der Waals surface area contributed by atoms with Gasteiger partial charge in [0, 0.05) is 6.20 Å². The van der Waals surface area contributed by atoms with Crippen molar-refractivity contribution in [1.29, 1.82) is 0 Å². The lowest BCUT2D eigenvalue weighted by Crippen LogP contribution is -2.15. The molecule has 1 rings (SSSR count). The molecule has 0 aromatic carbocycles. The molecule has 3 heteroatoms. The molecule has 1 aromatic rings. The van der Waals surface area contributed by atoms with Gasteiger partial charge in [0.25, 0.3) is 0 Å². The third-order valence-corrected chi connectivity index (χ3v) is 2.51. The maximum Gasteiger partial charge on any atom is 0.140 e. The largest absolute Gasteiger partial charge is 0.495 e. The number of aliphatic hydroxyl groups excluding tert-OH is 1. The molecule has 1 aromatic heterocycles. The van der Waals surface area contributed by atoms with Crippen LogP contribution in [0.25, 0.3) is 0 Å². The topological polar surface area (TPSA) is 42.4 Å². The normalized spacial score (nSPS) is 12.9. The molecule has 15 heavy (non-hydrogen) atoms. The number of methoxy groups -OCH3 is 1. The van der Waals surface area contributed by atoms with Gasteiger partial charge in [-0.05, 0) is 30.9 Å². The summed E-state index contributed by atoms with van der Waals surface area (Å²) in [6.45, 7) is 4.03. The van der Waals surface area contributed by atoms with Crippen LogP contribution in [0.15, 0.2) is 18.3 Å². The molecule has 0 radical (unpaired) electrons. The van der Waals surface area contributed by atoms with Crippen molar-refractivity contribution in [1.82, 2.24) is 4.98 Å². The quantitative estimate of drug-likeness (QED) is 0.807. The smallest absolute Gasteiger partial charge is 0.140 e. The Balaban J connectivity index is 2.57. The van der Waals surface area contributed by atoms with Crippen LogP contribution < -0.4 is 4.74 Å². The van der Waals surface area contributed by atoms with Crippen LogP contribution in [0.5, 0.6) is 5.75 Å². The van der Waals surface area contributed by atoms with Crippen molar-refractivity contribution >= 4 is 0 Å². The minimum Gasteiger partial charge on any atom is -0.495 e. The zero-order chi connectivity index (χ0) is 11.3. The molecule has 0 aliphatic rings. The summed E-state index contributed by atoms with van der Waals surface area (Å²) in [5.74, 6) is 1.09. The summed E-state index contributed by atoms with van der Waals surface area (Å²) in [5, 5.41) is 9.68. The Morgan fingerprint density at radius 2 is 2.20 bits per heavy atom. The summed E-state index contributed by atoms with van der Waals surface area (Å²) in [6, 6.07) is 3.74. The molecule has 84 valence electrons. The summed E-state index contributed by atoms with van der Waals surface area (Å²) >= 11 is 0. The van der Waals surface area contributed by atoms with Crippen molar-refractivity contribution in [2.24, 2.45) is 5.92 Å². The first-order valence-electron chi connectivity index (χ1n) is 5.31. The number of pyridine rings is 1. The van der Waals surface area contributed by atoms with Gasteiger partial charge in [-0.15, -0.1) is 0 Å². The fourth-order valence-electron chi connectivity index (χ4n) is 1.41. The van der Waals surface area contributed by atoms with E-state index in [9.17, 15) is 5.11 Å². The summed E-state index contributed by atoms with van der Waals surface area (Å²) < 4.78 is 5.19. The molecule has 0 aliphatic carbocycles. The molecule has 1 atom stereocenters. The standard InChI is InChI=1S/C12H19NO2/c1-9(2)11(14)7-6-10-12(15-3)5-4-8-13-10/h4-5,8-9,11,14H,6-7H2,1-3H3. The average molecular weight is 209 g/mol. The SMILES string of the molecule is COc1cccnc1CCC(O)C(C)C. The Bertz CT molecular complexity index is 299. The summed E-state index contributed by atoms with van der Waals surface area (Å²) in [4.78, 5) is 4.24. The van der Waals surface area contributed by atoms with Gasteiger partial charge >= 0.3 is 0 Å². The molecule has 0 saturated heterocycles. The van der Waals surface area contributed by atoms with E-state index >= 15 is 0 Å². The van der Waals surface area contributed by atoms with E-state index in [1.807, 2.05) is 26.0 Å². The van der Waals surface area contributed by atoms with Crippen LogP contribution in [0.3, 0.4) is 0 Å². The molecular weight excluding hydrogens is 190 g/mol. The van der Waals surface area contributed by atoms with Gasteiger partial charge in [-0.1, -0.05) is 13.8 Å². The highest BCUT2D eigenvalue weighted by atomic mass is 16.5. The highest BCUT2D eigenvalue weighted by Gasteiger charge is 2.11. The number of nitrogens with zero attached hydrogens (tertiary/aromatic N) is 1. The van der Waals surface area contributed by atoms with Gasteiger partial charge in [0.1, 0.15) is 5.75 Å². The van der Waals surface area contributed by atoms with E-state index in [0.29, 0.717) is 5.92 Å². The highest BCUT2D eigenvalue weighted by Crippen LogP contribution is 2.18. The Morgan fingerprint density at radius 1 is 1.47 bits per heavy atom. The first kappa shape index (κ1) is 12.0. The third-order valence-electron chi connectivity index (χ3n) is 2.51. The van der Waals surface area contributed by atoms with Gasteiger partial charge in [0.05, 0.1) is 18.9 Å². The van der Waals surface area contributed by atoms with Gasteiger partial charge < -0.3 is 9.84 Å². The lowest BCUT2D eigenvalue weighted by molar-refractivity contribution is 0.116. The van der Waals surface area contributed by atoms with Gasteiger partial charge in [0.2, 0.25) is 0 Å². The van der Waals surface area contributed by atoms with Crippen molar-refractivity contribution in [3.8, 4) is 5.75 Å². The first-order valence-corrected chi connectivity index (χ1v) is 5.31. The molecule has 1 heterocycles. The predicted octanol–water partition coefficient (Wildman–Crippen LogP) is 2.04. The van der Waals surface area contributed by atoms with E-state index in [1.54, 1.807) is 13.3 Å². The number of aliphatic hydroxyl groups is 1. The van der Waals surface area contributed by atoms with E-state index in [2.05, 4.69) is 4.98 Å². The van der Waals surface area contributed by atoms with Crippen LogP contribution >= 0.6 is 0 Å². The second kappa shape index (κ2) is 5.71. The second-order valence-electron chi connectivity index (χ2n) is 4.00. The number of ether oxygens (including phenoxy) is 1. The number of hydrogen-bond acceptors (Lipinski definition) is 3. The Morgan fingerprint density at radius 3 is 2.80 bits per heavy atom. The summed E-state index contributed by atoms with van der Waals surface area (Å²) in [5.41, 5.74) is 0.916. The molecule has 1 N–H and O–H groups in total. The van der Waals surface area contributed by atoms with Crippen LogP contribution in [-0.2, 0) is 6.42 Å². The van der Waals surface area contributed by atoms with E-state index in [1.165, 1.54) is 0 Å². The fraction of sp³-hybridized carbons (Fsp3) is 0.583. The fourth-order valence-corrected chi connectivity index (χ4v) is 1.41. The van der Waals surface area contributed by atoms with Crippen molar-refractivity contribution in [3.05, 3.63) is 24.0 Å². The number of aryl methyl sites for hydroxylation is 1. The van der Waals surface area contributed by atoms with Crippen LogP contribution in [0.2, 0.25) is 0 Å². The van der Waals surface area contributed by atoms with Crippen molar-refractivity contribution in [3.63, 3.8) is 0 Å². The minimum atomic E-state index is -0.267. The predicted molar refractivity (Wildman–Crippen MR) is 60.0 cm³/mol. The van der Waals surface area contributed by atoms with E-state index < -0.39 is 0 Å². The highest BCUT2D eigenvalue weighted by molar-refractivity contribution is 5.26. The van der Waals surface area contributed by atoms with Crippen LogP contribution in [0.1, 0.15) is 26.0 Å². The zero-order valence-corrected chi connectivity index (χ0v) is 9.60. The Hall–Kier alpha value is -1.09. The molecule has 0 bridgehead atoms. The van der Waals surface area contributed by atoms with E-state index in [0.717, 1.165) is 24.3 Å². The molecule has 3 nitrogen and oxygen atoms in total. The third kappa shape index (κ3) is 3.51. The van der Waals surface area contributed by atoms with Gasteiger partial charge in [0.15, 0.2) is 0 Å². The van der Waals surface area contributed by atoms with Gasteiger partial charge in [-0.25, -0.2) is 0 Å². The number of rotatable bonds is 5. The van der Waals surface area contributed by atoms with Gasteiger partial charge in [-0.3, -0.25) is 4.98 Å². The molecule has 1 unspecified atom stereocenters. The van der Waals surface area contributed by atoms with Crippen molar-refractivity contribution in [2.75, 3.05) is 7.11 Å². The maximum absolute atomic E-state index is 9.68. The maximum atomic E-state index is 9.68. The summed E-state index contributed by atoms with van der Waals surface area (Å²) in [7, 11) is 1.64. The molecule has 0 spiro atoms. The molecule has 0 fully saturated rings. The number of aromatic nitrogens is 1.